The van der Waals surface area contributed by atoms with Crippen LogP contribution in [0.1, 0.15) is 18.5 Å². The van der Waals surface area contributed by atoms with Crippen LogP contribution in [0.25, 0.3) is 0 Å². The second kappa shape index (κ2) is 6.83. The number of fused-ring (bicyclic) bond motifs is 1. The predicted molar refractivity (Wildman–Crippen MR) is 84.1 cm³/mol. The third kappa shape index (κ3) is 4.05. The molecule has 0 radical (unpaired) electrons. The Bertz CT molecular complexity index is 845. The van der Waals surface area contributed by atoms with Gasteiger partial charge >= 0.3 is 6.29 Å². The number of hydrogen-bond acceptors (Lipinski definition) is 4. The Morgan fingerprint density at radius 2 is 1.85 bits per heavy atom. The molecule has 0 bridgehead atoms. The smallest absolute Gasteiger partial charge is 0.395 e. The van der Waals surface area contributed by atoms with E-state index in [2.05, 4.69) is 20.1 Å². The Balaban J connectivity index is 1.56. The summed E-state index contributed by atoms with van der Waals surface area (Å²) in [7, 11) is 0. The number of carbonyl (C=O) groups excluding carboxylic acids is 1. The average Bonchev–Trinajstić information content (AvgIpc) is 2.85. The molecule has 2 N–H and O–H groups in total. The van der Waals surface area contributed by atoms with E-state index in [0.29, 0.717) is 0 Å². The highest BCUT2D eigenvalue weighted by molar-refractivity contribution is 5.92. The lowest BCUT2D eigenvalue weighted by molar-refractivity contribution is -0.286. The highest BCUT2D eigenvalue weighted by Gasteiger charge is 2.43. The van der Waals surface area contributed by atoms with Crippen molar-refractivity contribution in [1.29, 1.82) is 0 Å². The molecule has 0 saturated heterocycles. The highest BCUT2D eigenvalue weighted by atomic mass is 19.3. The normalized spacial score (nSPS) is 15.6. The predicted octanol–water partition coefficient (Wildman–Crippen LogP) is 3.58. The van der Waals surface area contributed by atoms with Crippen molar-refractivity contribution in [3.8, 4) is 11.5 Å². The molecule has 0 aromatic heterocycles. The number of nitrogens with one attached hydrogen (secondary N) is 2. The van der Waals surface area contributed by atoms with E-state index < -0.39 is 29.9 Å². The number of benzene rings is 2. The second-order valence-corrected chi connectivity index (χ2v) is 5.65. The summed E-state index contributed by atoms with van der Waals surface area (Å²) in [5, 5.41) is 5.29. The molecule has 1 amide bonds. The van der Waals surface area contributed by atoms with E-state index in [9.17, 15) is 22.4 Å². The molecule has 1 atom stereocenters. The van der Waals surface area contributed by atoms with Gasteiger partial charge in [-0.1, -0.05) is 6.07 Å². The Hall–Kier alpha value is -2.81. The van der Waals surface area contributed by atoms with E-state index in [1.54, 1.807) is 6.92 Å². The molecule has 3 rings (SSSR count). The van der Waals surface area contributed by atoms with Crippen LogP contribution in [-0.4, -0.2) is 18.7 Å². The number of carbonyl (C=O) groups is 1. The molecule has 5 nitrogen and oxygen atoms in total. The highest BCUT2D eigenvalue weighted by Crippen LogP contribution is 2.42. The summed E-state index contributed by atoms with van der Waals surface area (Å²) in [5.41, 5.74) is 0.446. The summed E-state index contributed by atoms with van der Waals surface area (Å²) < 4.78 is 61.1. The second-order valence-electron chi connectivity index (χ2n) is 5.65. The van der Waals surface area contributed by atoms with Crippen molar-refractivity contribution in [2.75, 3.05) is 11.9 Å². The van der Waals surface area contributed by atoms with Crippen LogP contribution in [0.3, 0.4) is 0 Å². The molecular weight excluding hydrogens is 356 g/mol. The van der Waals surface area contributed by atoms with Crippen LogP contribution < -0.4 is 20.1 Å². The fourth-order valence-corrected chi connectivity index (χ4v) is 2.44. The Labute approximate surface area is 145 Å². The Morgan fingerprint density at radius 3 is 2.58 bits per heavy atom. The van der Waals surface area contributed by atoms with Crippen molar-refractivity contribution in [3.05, 3.63) is 53.6 Å². The average molecular weight is 370 g/mol. The van der Waals surface area contributed by atoms with Gasteiger partial charge in [0.15, 0.2) is 11.5 Å². The molecule has 1 aliphatic rings. The fraction of sp³-hybridized carbons (Fsp3) is 0.235. The molecule has 1 aliphatic heterocycles. The molecule has 2 aromatic rings. The van der Waals surface area contributed by atoms with Crippen molar-refractivity contribution in [1.82, 2.24) is 5.32 Å². The molecule has 0 unspecified atom stereocenters. The number of halogens is 4. The van der Waals surface area contributed by atoms with E-state index in [1.807, 2.05) is 0 Å². The zero-order valence-corrected chi connectivity index (χ0v) is 13.5. The van der Waals surface area contributed by atoms with Gasteiger partial charge in [0.05, 0.1) is 6.54 Å². The number of anilines is 1. The first-order valence-corrected chi connectivity index (χ1v) is 7.61. The van der Waals surface area contributed by atoms with Crippen molar-refractivity contribution in [2.24, 2.45) is 0 Å². The number of ether oxygens (including phenoxy) is 2. The van der Waals surface area contributed by atoms with Gasteiger partial charge in [-0.05, 0) is 25.1 Å². The van der Waals surface area contributed by atoms with E-state index in [1.165, 1.54) is 24.3 Å². The molecule has 9 heteroatoms. The number of amides is 1. The summed E-state index contributed by atoms with van der Waals surface area (Å²) in [4.78, 5) is 12.0. The van der Waals surface area contributed by atoms with Gasteiger partial charge in [0.2, 0.25) is 5.91 Å². The zero-order chi connectivity index (χ0) is 18.9. The first-order chi connectivity index (χ1) is 12.2. The van der Waals surface area contributed by atoms with Crippen LogP contribution >= 0.6 is 0 Å². The maximum Gasteiger partial charge on any atom is 0.586 e. The zero-order valence-electron chi connectivity index (χ0n) is 13.5. The van der Waals surface area contributed by atoms with Crippen LogP contribution in [0.5, 0.6) is 11.5 Å². The first kappa shape index (κ1) is 18.0. The molecule has 0 spiro atoms. The quantitative estimate of drug-likeness (QED) is 0.790. The van der Waals surface area contributed by atoms with E-state index >= 15 is 0 Å². The maximum atomic E-state index is 13.7. The van der Waals surface area contributed by atoms with E-state index in [-0.39, 0.29) is 29.3 Å². The van der Waals surface area contributed by atoms with Gasteiger partial charge in [-0.3, -0.25) is 4.79 Å². The molecular formula is C17H14F4N2O3. The Kier molecular flexibility index (Phi) is 4.73. The monoisotopic (exact) mass is 370 g/mol. The van der Waals surface area contributed by atoms with Crippen LogP contribution in [0.15, 0.2) is 36.4 Å². The molecule has 1 heterocycles. The minimum absolute atomic E-state index is 0.133. The summed E-state index contributed by atoms with van der Waals surface area (Å²) in [6.45, 7) is 1.44. The molecule has 2 aromatic carbocycles. The minimum Gasteiger partial charge on any atom is -0.395 e. The molecule has 138 valence electrons. The van der Waals surface area contributed by atoms with Crippen molar-refractivity contribution in [2.45, 2.75) is 19.3 Å². The molecule has 0 fully saturated rings. The fourth-order valence-electron chi connectivity index (χ4n) is 2.44. The SMILES string of the molecule is C[C@H](NCC(=O)Nc1ccc2c(c1)OC(F)(F)O2)c1ccc(F)cc1F. The lowest BCUT2D eigenvalue weighted by atomic mass is 10.1. The summed E-state index contributed by atoms with van der Waals surface area (Å²) in [6, 6.07) is 6.46. The summed E-state index contributed by atoms with van der Waals surface area (Å²) in [6.07, 6.45) is -3.73. The lowest BCUT2D eigenvalue weighted by Gasteiger charge is -2.15. The van der Waals surface area contributed by atoms with Gasteiger partial charge in [-0.15, -0.1) is 8.78 Å². The van der Waals surface area contributed by atoms with Crippen LogP contribution in [0.4, 0.5) is 23.2 Å². The summed E-state index contributed by atoms with van der Waals surface area (Å²) >= 11 is 0. The standard InChI is InChI=1S/C17H14F4N2O3/c1-9(12-4-2-10(18)6-13(12)19)22-8-16(24)23-11-3-5-14-15(7-11)26-17(20,21)25-14/h2-7,9,22H,8H2,1H3,(H,23,24)/t9-/m0/s1. The third-order valence-electron chi connectivity index (χ3n) is 3.68. The van der Waals surface area contributed by atoms with Gasteiger partial charge in [0.25, 0.3) is 0 Å². The van der Waals surface area contributed by atoms with Crippen molar-refractivity contribution in [3.63, 3.8) is 0 Å². The summed E-state index contributed by atoms with van der Waals surface area (Å²) in [5.74, 6) is -2.22. The van der Waals surface area contributed by atoms with E-state index in [4.69, 9.17) is 0 Å². The largest absolute Gasteiger partial charge is 0.586 e. The molecule has 0 saturated carbocycles. The maximum absolute atomic E-state index is 13.7. The Morgan fingerprint density at radius 1 is 1.12 bits per heavy atom. The topological polar surface area (TPSA) is 59.6 Å². The number of alkyl halides is 2. The molecule has 26 heavy (non-hydrogen) atoms. The van der Waals surface area contributed by atoms with Crippen LogP contribution in [0.2, 0.25) is 0 Å². The van der Waals surface area contributed by atoms with Gasteiger partial charge < -0.3 is 20.1 Å². The molecule has 0 aliphatic carbocycles. The first-order valence-electron chi connectivity index (χ1n) is 7.61. The van der Waals surface area contributed by atoms with Crippen molar-refractivity contribution < 1.29 is 31.8 Å². The minimum atomic E-state index is -3.73. The van der Waals surface area contributed by atoms with Crippen LogP contribution in [-0.2, 0) is 4.79 Å². The van der Waals surface area contributed by atoms with Gasteiger partial charge in [-0.2, -0.15) is 0 Å². The lowest BCUT2D eigenvalue weighted by Crippen LogP contribution is -2.30. The van der Waals surface area contributed by atoms with Crippen LogP contribution in [0, 0.1) is 11.6 Å². The number of rotatable bonds is 5. The van der Waals surface area contributed by atoms with Crippen molar-refractivity contribution >= 4 is 11.6 Å². The van der Waals surface area contributed by atoms with Gasteiger partial charge in [-0.25, -0.2) is 8.78 Å². The number of hydrogen-bond donors (Lipinski definition) is 2. The van der Waals surface area contributed by atoms with E-state index in [0.717, 1.165) is 12.1 Å². The third-order valence-corrected chi connectivity index (χ3v) is 3.68. The van der Waals surface area contributed by atoms with Gasteiger partial charge in [0, 0.05) is 29.4 Å². The van der Waals surface area contributed by atoms with Gasteiger partial charge in [0.1, 0.15) is 11.6 Å².